The second-order valence-corrected chi connectivity index (χ2v) is 22.2. The minimum atomic E-state index is -1.36. The monoisotopic (exact) mass is 514 g/mol. The maximum absolute atomic E-state index is 5.90. The van der Waals surface area contributed by atoms with Crippen LogP contribution in [-0.2, 0) is 8.23 Å². The molecule has 1 rings (SSSR count). The minimum Gasteiger partial charge on any atom is -0.439 e. The van der Waals surface area contributed by atoms with E-state index >= 15 is 0 Å². The van der Waals surface area contributed by atoms with E-state index in [4.69, 9.17) is 8.23 Å². The third kappa shape index (κ3) is 43.4. The lowest BCUT2D eigenvalue weighted by Crippen LogP contribution is -2.41. The van der Waals surface area contributed by atoms with Crippen molar-refractivity contribution in [1.82, 2.24) is 0 Å². The van der Waals surface area contributed by atoms with Crippen LogP contribution in [0.3, 0.4) is 0 Å². The van der Waals surface area contributed by atoms with Crippen LogP contribution in [0.15, 0.2) is 55.6 Å². The van der Waals surface area contributed by atoms with Gasteiger partial charge >= 0.3 is 0 Å². The molecule has 0 bridgehead atoms. The molecule has 0 amide bonds. The predicted molar refractivity (Wildman–Crippen MR) is 164 cm³/mol. The molecule has 0 saturated carbocycles. The third-order valence-electron chi connectivity index (χ3n) is 3.50. The van der Waals surface area contributed by atoms with Crippen molar-refractivity contribution in [3.05, 3.63) is 55.6 Å². The van der Waals surface area contributed by atoms with Gasteiger partial charge in [-0.25, -0.2) is 0 Å². The van der Waals surface area contributed by atoms with Crippen LogP contribution < -0.4 is 5.19 Å². The Bertz CT molecular complexity index is 481. The van der Waals surface area contributed by atoms with Gasteiger partial charge in [-0.1, -0.05) is 94.6 Å². The summed E-state index contributed by atoms with van der Waals surface area (Å²) in [4.78, 5) is 0. The van der Waals surface area contributed by atoms with Gasteiger partial charge in [0.2, 0.25) is 0 Å². The molecule has 0 spiro atoms. The molecule has 0 atom stereocenters. The van der Waals surface area contributed by atoms with Crippen molar-refractivity contribution in [1.29, 1.82) is 0 Å². The van der Waals surface area contributed by atoms with E-state index in [1.165, 1.54) is 54.0 Å². The van der Waals surface area contributed by atoms with Crippen molar-refractivity contribution in [3.8, 4) is 0 Å². The zero-order chi connectivity index (χ0) is 24.8. The van der Waals surface area contributed by atoms with Crippen LogP contribution in [0.1, 0.15) is 59.8 Å². The Balaban J connectivity index is -0.000000170. The first kappa shape index (κ1) is 38.7. The first-order valence-electron chi connectivity index (χ1n) is 11.9. The molecule has 0 radical (unpaired) electrons. The second kappa shape index (κ2) is 25.1. The summed E-state index contributed by atoms with van der Waals surface area (Å²) in [6, 6.07) is 10.5. The van der Waals surface area contributed by atoms with Crippen molar-refractivity contribution in [2.75, 3.05) is 0 Å². The average Bonchev–Trinajstić information content (AvgIpc) is 2.64. The molecule has 0 saturated heterocycles. The summed E-state index contributed by atoms with van der Waals surface area (Å²) in [6.45, 7) is 27.0. The maximum Gasteiger partial charge on any atom is 0.297 e. The highest BCUT2D eigenvalue weighted by Gasteiger charge is 2.24. The summed E-state index contributed by atoms with van der Waals surface area (Å²) in [5, 5.41) is 1.46. The van der Waals surface area contributed by atoms with E-state index in [2.05, 4.69) is 97.1 Å². The first-order valence-corrected chi connectivity index (χ1v) is 21.8. The number of allylic oxidation sites excluding steroid dienone is 2. The number of unbranched alkanes of at least 4 members (excludes halogenated alkanes) is 4. The van der Waals surface area contributed by atoms with Gasteiger partial charge in [-0.05, 0) is 58.7 Å². The van der Waals surface area contributed by atoms with Crippen LogP contribution in [0.25, 0.3) is 0 Å². The molecular weight excluding hydrogens is 457 g/mol. The van der Waals surface area contributed by atoms with Crippen molar-refractivity contribution in [3.63, 3.8) is 0 Å². The van der Waals surface area contributed by atoms with Gasteiger partial charge in [0.15, 0.2) is 16.6 Å². The molecular formula is C26H58O2Si4. The Morgan fingerprint density at radius 1 is 0.812 bits per heavy atom. The van der Waals surface area contributed by atoms with Crippen molar-refractivity contribution < 1.29 is 8.23 Å². The molecule has 190 valence electrons. The Kier molecular flexibility index (Phi) is 30.4. The van der Waals surface area contributed by atoms with E-state index in [9.17, 15) is 0 Å². The molecule has 1 aromatic carbocycles. The normalized spacial score (nSPS) is 10.3. The molecule has 2 nitrogen and oxygen atoms in total. The Morgan fingerprint density at radius 3 is 1.31 bits per heavy atom. The average molecular weight is 515 g/mol. The molecule has 1 aromatic rings. The Labute approximate surface area is 210 Å². The summed E-state index contributed by atoms with van der Waals surface area (Å²) < 4.78 is 11.8. The summed E-state index contributed by atoms with van der Waals surface area (Å²) in [6.07, 6.45) is 11.4. The van der Waals surface area contributed by atoms with Crippen molar-refractivity contribution in [2.24, 2.45) is 0 Å². The van der Waals surface area contributed by atoms with Crippen LogP contribution in [0, 0.1) is 0 Å². The zero-order valence-corrected chi connectivity index (χ0v) is 27.7. The van der Waals surface area contributed by atoms with Gasteiger partial charge in [-0.15, -0.1) is 13.2 Å². The number of rotatable bonds is 10. The topological polar surface area (TPSA) is 18.5 Å². The van der Waals surface area contributed by atoms with Crippen molar-refractivity contribution >= 4 is 41.3 Å². The van der Waals surface area contributed by atoms with E-state index < -0.39 is 25.9 Å². The highest BCUT2D eigenvalue weighted by Crippen LogP contribution is 2.10. The molecule has 32 heavy (non-hydrogen) atoms. The molecule has 6 heteroatoms. The Hall–Kier alpha value is -0.512. The number of hydrogen-bond donors (Lipinski definition) is 0. The van der Waals surface area contributed by atoms with Crippen LogP contribution in [0.2, 0.25) is 45.8 Å². The number of hydrogen-bond acceptors (Lipinski definition) is 2. The molecule has 0 aliphatic carbocycles. The molecule has 0 N–H and O–H groups in total. The first-order chi connectivity index (χ1) is 14.3. The van der Waals surface area contributed by atoms with Crippen LogP contribution in [-0.4, -0.2) is 36.2 Å². The van der Waals surface area contributed by atoms with Crippen LogP contribution >= 0.6 is 0 Å². The standard InChI is InChI=1S/C7H22O2Si3.C6H8Si.2C6H12.CH4/c1-10(8-11(2,3)4)9-12(5,6)7;7-6-4-2-1-3-5-6;2*1-3-5-6-4-2;/h10H,1-7H3;1-5H,7H3;2*3H,1,4-6H2,2H3;1H4. The van der Waals surface area contributed by atoms with Gasteiger partial charge in [0.25, 0.3) is 9.28 Å². The second-order valence-electron chi connectivity index (χ2n) is 9.54. The van der Waals surface area contributed by atoms with Gasteiger partial charge in [0.05, 0.1) is 0 Å². The summed E-state index contributed by atoms with van der Waals surface area (Å²) in [5.41, 5.74) is 0. The van der Waals surface area contributed by atoms with Crippen molar-refractivity contribution in [2.45, 2.75) is 106 Å². The van der Waals surface area contributed by atoms with Crippen LogP contribution in [0.5, 0.6) is 0 Å². The fourth-order valence-corrected chi connectivity index (χ4v) is 11.2. The lowest BCUT2D eigenvalue weighted by Gasteiger charge is -2.28. The molecule has 0 unspecified atom stereocenters. The van der Waals surface area contributed by atoms with E-state index in [0.717, 1.165) is 0 Å². The van der Waals surface area contributed by atoms with Gasteiger partial charge in [0.1, 0.15) is 0 Å². The highest BCUT2D eigenvalue weighted by atomic mass is 28.4. The lowest BCUT2D eigenvalue weighted by molar-refractivity contribution is 0.428. The minimum absolute atomic E-state index is 0. The molecule has 0 aliphatic heterocycles. The van der Waals surface area contributed by atoms with E-state index in [1.807, 2.05) is 18.2 Å². The van der Waals surface area contributed by atoms with E-state index in [0.29, 0.717) is 0 Å². The lowest BCUT2D eigenvalue weighted by atomic mass is 10.3. The fourth-order valence-electron chi connectivity index (χ4n) is 2.25. The largest absolute Gasteiger partial charge is 0.439 e. The van der Waals surface area contributed by atoms with E-state index in [1.54, 1.807) is 0 Å². The summed E-state index contributed by atoms with van der Waals surface area (Å²) in [5.74, 6) is 0. The fraction of sp³-hybridized carbons (Fsp3) is 0.615. The SMILES string of the molecule is C.C=CCCCC.C=CCCCC.C[SiH](O[Si](C)(C)C)O[Si](C)(C)C.[SiH3]c1ccccc1. The maximum atomic E-state index is 5.90. The molecule has 0 aromatic heterocycles. The third-order valence-corrected chi connectivity index (χ3v) is 12.5. The van der Waals surface area contributed by atoms with E-state index in [-0.39, 0.29) is 7.43 Å². The molecule has 0 heterocycles. The molecule has 0 fully saturated rings. The van der Waals surface area contributed by atoms with Gasteiger partial charge in [-0.3, -0.25) is 0 Å². The smallest absolute Gasteiger partial charge is 0.297 e. The number of benzene rings is 1. The quantitative estimate of drug-likeness (QED) is 0.182. The van der Waals surface area contributed by atoms with Gasteiger partial charge in [-0.2, -0.15) is 0 Å². The Morgan fingerprint density at radius 2 is 1.16 bits per heavy atom. The van der Waals surface area contributed by atoms with Crippen LogP contribution in [0.4, 0.5) is 0 Å². The van der Waals surface area contributed by atoms with Gasteiger partial charge in [0, 0.05) is 10.2 Å². The van der Waals surface area contributed by atoms with Gasteiger partial charge < -0.3 is 8.23 Å². The highest BCUT2D eigenvalue weighted by molar-refractivity contribution is 6.80. The predicted octanol–water partition coefficient (Wildman–Crippen LogP) is 7.58. The zero-order valence-electron chi connectivity index (χ0n) is 22.6. The summed E-state index contributed by atoms with van der Waals surface area (Å²) in [7, 11) is -2.88. The molecule has 0 aliphatic rings. The summed E-state index contributed by atoms with van der Waals surface area (Å²) >= 11 is 0.